The molecule has 0 atom stereocenters. The number of hydrogen-bond donors (Lipinski definition) is 2. The summed E-state index contributed by atoms with van der Waals surface area (Å²) in [6.45, 7) is 2.78. The van der Waals surface area contributed by atoms with Gasteiger partial charge in [-0.25, -0.2) is 4.79 Å². The largest absolute Gasteiger partial charge is 0.337 e. The van der Waals surface area contributed by atoms with Crippen molar-refractivity contribution in [3.8, 4) is 0 Å². The third-order valence-electron chi connectivity index (χ3n) is 3.70. The van der Waals surface area contributed by atoms with Crippen molar-refractivity contribution < 1.29 is 9.59 Å². The van der Waals surface area contributed by atoms with E-state index in [0.29, 0.717) is 13.1 Å². The molecular weight excluding hydrogens is 429 g/mol. The minimum Gasteiger partial charge on any atom is -0.337 e. The molecule has 0 unspecified atom stereocenters. The summed E-state index contributed by atoms with van der Waals surface area (Å²) in [7, 11) is 1.73. The van der Waals surface area contributed by atoms with E-state index < -0.39 is 0 Å². The molecule has 0 aliphatic carbocycles. The van der Waals surface area contributed by atoms with E-state index in [2.05, 4.69) is 33.2 Å². The minimum absolute atomic E-state index is 0.115. The van der Waals surface area contributed by atoms with Crippen LogP contribution in [0.5, 0.6) is 0 Å². The number of carbonyl (C=O) groups is 2. The van der Waals surface area contributed by atoms with Gasteiger partial charge in [0.1, 0.15) is 0 Å². The molecule has 0 fully saturated rings. The predicted octanol–water partition coefficient (Wildman–Crippen LogP) is 3.77. The molecule has 5 nitrogen and oxygen atoms in total. The highest BCUT2D eigenvalue weighted by Gasteiger charge is 2.10. The van der Waals surface area contributed by atoms with E-state index in [-0.39, 0.29) is 18.4 Å². The van der Waals surface area contributed by atoms with Gasteiger partial charge < -0.3 is 15.5 Å². The van der Waals surface area contributed by atoms with Crippen LogP contribution < -0.4 is 10.6 Å². The second-order valence-electron chi connectivity index (χ2n) is 5.83. The van der Waals surface area contributed by atoms with Gasteiger partial charge in [0.2, 0.25) is 5.91 Å². The summed E-state index contributed by atoms with van der Waals surface area (Å²) in [6.07, 6.45) is 0.232. The van der Waals surface area contributed by atoms with Crippen molar-refractivity contribution in [1.82, 2.24) is 10.2 Å². The number of urea groups is 1. The Morgan fingerprint density at radius 1 is 1.12 bits per heavy atom. The molecule has 132 valence electrons. The van der Waals surface area contributed by atoms with Gasteiger partial charge in [-0.05, 0) is 58.8 Å². The van der Waals surface area contributed by atoms with Crippen molar-refractivity contribution in [2.24, 2.45) is 0 Å². The zero-order valence-electron chi connectivity index (χ0n) is 14.4. The Hall–Kier alpha value is -2.09. The first kappa shape index (κ1) is 19.2. The highest BCUT2D eigenvalue weighted by atomic mass is 127. The maximum Gasteiger partial charge on any atom is 0.317 e. The molecular formula is C19H22IN3O2. The quantitative estimate of drug-likeness (QED) is 0.657. The first-order valence-corrected chi connectivity index (χ1v) is 9.12. The number of carbonyl (C=O) groups excluding carboxylic acids is 2. The van der Waals surface area contributed by atoms with Gasteiger partial charge >= 0.3 is 6.03 Å². The van der Waals surface area contributed by atoms with Gasteiger partial charge in [0.05, 0.1) is 0 Å². The van der Waals surface area contributed by atoms with Crippen molar-refractivity contribution in [2.75, 3.05) is 18.9 Å². The van der Waals surface area contributed by atoms with Crippen LogP contribution in [0.15, 0.2) is 48.5 Å². The van der Waals surface area contributed by atoms with Crippen LogP contribution >= 0.6 is 22.6 Å². The molecule has 0 aromatic heterocycles. The fourth-order valence-electron chi connectivity index (χ4n) is 2.33. The first-order valence-electron chi connectivity index (χ1n) is 8.04. The lowest BCUT2D eigenvalue weighted by Crippen LogP contribution is -2.38. The van der Waals surface area contributed by atoms with Crippen molar-refractivity contribution >= 4 is 40.2 Å². The summed E-state index contributed by atoms with van der Waals surface area (Å²) >= 11 is 2.23. The van der Waals surface area contributed by atoms with Gasteiger partial charge in [-0.1, -0.05) is 30.3 Å². The molecule has 2 aromatic rings. The van der Waals surface area contributed by atoms with Gasteiger partial charge in [-0.3, -0.25) is 4.79 Å². The Kier molecular flexibility index (Phi) is 7.24. The SMILES string of the molecule is Cc1cc(I)ccc1NC(=O)CCNC(=O)N(C)Cc1ccccc1. The second-order valence-corrected chi connectivity index (χ2v) is 7.08. The Bertz CT molecular complexity index is 735. The van der Waals surface area contributed by atoms with Crippen LogP contribution in [-0.4, -0.2) is 30.4 Å². The summed E-state index contributed by atoms with van der Waals surface area (Å²) in [5.74, 6) is -0.115. The van der Waals surface area contributed by atoms with E-state index in [4.69, 9.17) is 0 Å². The van der Waals surface area contributed by atoms with E-state index in [1.165, 1.54) is 0 Å². The van der Waals surface area contributed by atoms with Crippen LogP contribution in [0.3, 0.4) is 0 Å². The molecule has 0 bridgehead atoms. The normalized spacial score (nSPS) is 10.2. The van der Waals surface area contributed by atoms with Gasteiger partial charge in [0.25, 0.3) is 0 Å². The lowest BCUT2D eigenvalue weighted by molar-refractivity contribution is -0.116. The zero-order chi connectivity index (χ0) is 18.2. The summed E-state index contributed by atoms with van der Waals surface area (Å²) < 4.78 is 1.13. The molecule has 2 N–H and O–H groups in total. The van der Waals surface area contributed by atoms with Crippen molar-refractivity contribution in [3.63, 3.8) is 0 Å². The van der Waals surface area contributed by atoms with Crippen LogP contribution in [0.4, 0.5) is 10.5 Å². The van der Waals surface area contributed by atoms with Gasteiger partial charge in [0.15, 0.2) is 0 Å². The second kappa shape index (κ2) is 9.41. The van der Waals surface area contributed by atoms with Crippen molar-refractivity contribution in [1.29, 1.82) is 0 Å². The third kappa shape index (κ3) is 6.38. The van der Waals surface area contributed by atoms with Crippen molar-refractivity contribution in [3.05, 3.63) is 63.2 Å². The van der Waals surface area contributed by atoms with E-state index in [0.717, 1.165) is 20.4 Å². The molecule has 2 rings (SSSR count). The molecule has 0 saturated carbocycles. The number of benzene rings is 2. The standard InChI is InChI=1S/C19H22IN3O2/c1-14-12-16(20)8-9-17(14)22-18(24)10-11-21-19(25)23(2)13-15-6-4-3-5-7-15/h3-9,12H,10-11,13H2,1-2H3,(H,21,25)(H,22,24). The summed E-state index contributed by atoms with van der Waals surface area (Å²) in [5, 5.41) is 5.64. The maximum atomic E-state index is 12.1. The minimum atomic E-state index is -0.193. The van der Waals surface area contributed by atoms with Gasteiger partial charge in [0, 0.05) is 35.8 Å². The number of aryl methyl sites for hydroxylation is 1. The van der Waals surface area contributed by atoms with E-state index in [1.807, 2.05) is 55.5 Å². The average Bonchev–Trinajstić information content (AvgIpc) is 2.58. The molecule has 3 amide bonds. The Labute approximate surface area is 161 Å². The Balaban J connectivity index is 1.73. The van der Waals surface area contributed by atoms with Gasteiger partial charge in [-0.15, -0.1) is 0 Å². The molecule has 0 spiro atoms. The third-order valence-corrected chi connectivity index (χ3v) is 4.37. The lowest BCUT2D eigenvalue weighted by Gasteiger charge is -2.18. The molecule has 6 heteroatoms. The van der Waals surface area contributed by atoms with Crippen LogP contribution in [-0.2, 0) is 11.3 Å². The number of amides is 3. The number of anilines is 1. The number of rotatable bonds is 6. The van der Waals surface area contributed by atoms with Crippen LogP contribution in [0.25, 0.3) is 0 Å². The summed E-state index contributed by atoms with van der Waals surface area (Å²) in [6, 6.07) is 15.4. The predicted molar refractivity (Wildman–Crippen MR) is 108 cm³/mol. The summed E-state index contributed by atoms with van der Waals surface area (Å²) in [5.41, 5.74) is 2.89. The Morgan fingerprint density at radius 3 is 2.52 bits per heavy atom. The Morgan fingerprint density at radius 2 is 1.84 bits per heavy atom. The monoisotopic (exact) mass is 451 g/mol. The fourth-order valence-corrected chi connectivity index (χ4v) is 2.97. The van der Waals surface area contributed by atoms with Crippen LogP contribution in [0, 0.1) is 10.5 Å². The number of hydrogen-bond acceptors (Lipinski definition) is 2. The van der Waals surface area contributed by atoms with E-state index in [1.54, 1.807) is 11.9 Å². The molecule has 0 heterocycles. The number of nitrogens with zero attached hydrogens (tertiary/aromatic N) is 1. The van der Waals surface area contributed by atoms with Crippen LogP contribution in [0.2, 0.25) is 0 Å². The first-order chi connectivity index (χ1) is 12.0. The molecule has 25 heavy (non-hydrogen) atoms. The average molecular weight is 451 g/mol. The van der Waals surface area contributed by atoms with E-state index >= 15 is 0 Å². The van der Waals surface area contributed by atoms with Crippen molar-refractivity contribution in [2.45, 2.75) is 19.9 Å². The molecule has 0 aliphatic heterocycles. The molecule has 2 aromatic carbocycles. The lowest BCUT2D eigenvalue weighted by atomic mass is 10.2. The van der Waals surface area contributed by atoms with Crippen LogP contribution in [0.1, 0.15) is 17.5 Å². The fraction of sp³-hybridized carbons (Fsp3) is 0.263. The van der Waals surface area contributed by atoms with E-state index in [9.17, 15) is 9.59 Å². The smallest absolute Gasteiger partial charge is 0.317 e. The highest BCUT2D eigenvalue weighted by Crippen LogP contribution is 2.17. The van der Waals surface area contributed by atoms with Gasteiger partial charge in [-0.2, -0.15) is 0 Å². The summed E-state index contributed by atoms with van der Waals surface area (Å²) in [4.78, 5) is 25.7. The molecule has 0 saturated heterocycles. The topological polar surface area (TPSA) is 61.4 Å². The number of halogens is 1. The molecule has 0 radical (unpaired) electrons. The maximum absolute atomic E-state index is 12.1. The zero-order valence-corrected chi connectivity index (χ0v) is 16.5. The highest BCUT2D eigenvalue weighted by molar-refractivity contribution is 14.1. The number of nitrogens with one attached hydrogen (secondary N) is 2. The molecule has 0 aliphatic rings.